The molecule has 0 aromatic rings. The Balaban J connectivity index is 3.14. The van der Waals surface area contributed by atoms with E-state index < -0.39 is 13.0 Å². The van der Waals surface area contributed by atoms with Gasteiger partial charge in [0, 0.05) is 26.4 Å². The third-order valence-electron chi connectivity index (χ3n) is 1.80. The number of ether oxygens (including phenoxy) is 2. The van der Waals surface area contributed by atoms with Crippen molar-refractivity contribution in [1.82, 2.24) is 0 Å². The Hall–Kier alpha value is -0.260. The molecule has 0 fully saturated rings. The van der Waals surface area contributed by atoms with E-state index in [0.717, 1.165) is 12.8 Å². The van der Waals surface area contributed by atoms with Crippen molar-refractivity contribution in [1.29, 1.82) is 0 Å². The van der Waals surface area contributed by atoms with Crippen molar-refractivity contribution >= 4 is 0 Å². The summed E-state index contributed by atoms with van der Waals surface area (Å²) < 4.78 is 32.8. The first-order valence-corrected chi connectivity index (χ1v) is 4.77. The zero-order chi connectivity index (χ0) is 10.8. The number of rotatable bonds is 9. The van der Waals surface area contributed by atoms with Gasteiger partial charge >= 0.3 is 0 Å². The predicted molar refractivity (Wildman–Crippen MR) is 50.5 cm³/mol. The summed E-state index contributed by atoms with van der Waals surface area (Å²) in [7, 11) is 1.64. The van der Waals surface area contributed by atoms with E-state index in [1.165, 1.54) is 0 Å². The normalized spacial score (nSPS) is 13.5. The van der Waals surface area contributed by atoms with Gasteiger partial charge in [0.1, 0.15) is 6.61 Å². The second kappa shape index (κ2) is 9.30. The predicted octanol–water partition coefficient (Wildman–Crippen LogP) is 1.41. The molecule has 0 saturated carbocycles. The second-order valence-corrected chi connectivity index (χ2v) is 3.15. The highest BCUT2D eigenvalue weighted by atomic mass is 19.3. The van der Waals surface area contributed by atoms with Crippen molar-refractivity contribution in [3.8, 4) is 0 Å². The van der Waals surface area contributed by atoms with Crippen LogP contribution in [-0.2, 0) is 9.47 Å². The van der Waals surface area contributed by atoms with E-state index in [-0.39, 0.29) is 6.04 Å². The van der Waals surface area contributed by atoms with Gasteiger partial charge in [-0.1, -0.05) is 0 Å². The van der Waals surface area contributed by atoms with E-state index in [1.54, 1.807) is 7.11 Å². The van der Waals surface area contributed by atoms with Gasteiger partial charge in [-0.15, -0.1) is 0 Å². The molecule has 1 unspecified atom stereocenters. The molecule has 0 rings (SSSR count). The minimum atomic E-state index is -2.39. The molecule has 0 aromatic carbocycles. The molecule has 0 bridgehead atoms. The van der Waals surface area contributed by atoms with Crippen molar-refractivity contribution < 1.29 is 18.3 Å². The Morgan fingerprint density at radius 1 is 1.21 bits per heavy atom. The molecular weight excluding hydrogens is 192 g/mol. The zero-order valence-electron chi connectivity index (χ0n) is 8.55. The van der Waals surface area contributed by atoms with Crippen LogP contribution < -0.4 is 5.73 Å². The molecule has 1 atom stereocenters. The molecule has 0 spiro atoms. The SMILES string of the molecule is COCCCC(N)CCOCC(F)F. The number of methoxy groups -OCH3 is 1. The summed E-state index contributed by atoms with van der Waals surface area (Å²) in [6.45, 7) is 0.495. The summed E-state index contributed by atoms with van der Waals surface area (Å²) >= 11 is 0. The van der Waals surface area contributed by atoms with Crippen molar-refractivity contribution in [3.63, 3.8) is 0 Å². The lowest BCUT2D eigenvalue weighted by atomic mass is 10.1. The van der Waals surface area contributed by atoms with Gasteiger partial charge in [0.05, 0.1) is 0 Å². The monoisotopic (exact) mass is 211 g/mol. The lowest BCUT2D eigenvalue weighted by molar-refractivity contribution is 0.0149. The third-order valence-corrected chi connectivity index (χ3v) is 1.80. The summed E-state index contributed by atoms with van der Waals surface area (Å²) in [5, 5.41) is 0. The van der Waals surface area contributed by atoms with E-state index in [0.29, 0.717) is 19.6 Å². The average molecular weight is 211 g/mol. The molecular formula is C9H19F2NO2. The van der Waals surface area contributed by atoms with Gasteiger partial charge in [0.15, 0.2) is 0 Å². The lowest BCUT2D eigenvalue weighted by Gasteiger charge is -2.11. The number of halogens is 2. The summed E-state index contributed by atoms with van der Waals surface area (Å²) in [5.41, 5.74) is 5.71. The van der Waals surface area contributed by atoms with Crippen LogP contribution in [0.3, 0.4) is 0 Å². The van der Waals surface area contributed by atoms with Gasteiger partial charge in [0.25, 0.3) is 6.43 Å². The van der Waals surface area contributed by atoms with Crippen LogP contribution >= 0.6 is 0 Å². The summed E-state index contributed by atoms with van der Waals surface area (Å²) in [4.78, 5) is 0. The molecule has 0 amide bonds. The van der Waals surface area contributed by atoms with Crippen molar-refractivity contribution in [3.05, 3.63) is 0 Å². The van der Waals surface area contributed by atoms with Crippen LogP contribution in [0.1, 0.15) is 19.3 Å². The molecule has 0 aromatic heterocycles. The van der Waals surface area contributed by atoms with Gasteiger partial charge in [0.2, 0.25) is 0 Å². The molecule has 0 saturated heterocycles. The largest absolute Gasteiger partial charge is 0.385 e. The summed E-state index contributed by atoms with van der Waals surface area (Å²) in [6, 6.07) is 0.0165. The highest BCUT2D eigenvalue weighted by Crippen LogP contribution is 2.00. The van der Waals surface area contributed by atoms with Gasteiger partial charge in [-0.3, -0.25) is 0 Å². The number of hydrogen-bond acceptors (Lipinski definition) is 3. The Bertz CT molecular complexity index is 125. The van der Waals surface area contributed by atoms with Crippen molar-refractivity contribution in [2.75, 3.05) is 26.9 Å². The quantitative estimate of drug-likeness (QED) is 0.586. The molecule has 3 nitrogen and oxygen atoms in total. The molecule has 0 aliphatic heterocycles. The third kappa shape index (κ3) is 9.83. The first-order chi connectivity index (χ1) is 6.66. The summed E-state index contributed by atoms with van der Waals surface area (Å²) in [5.74, 6) is 0. The van der Waals surface area contributed by atoms with Crippen LogP contribution in [0.5, 0.6) is 0 Å². The van der Waals surface area contributed by atoms with E-state index in [2.05, 4.69) is 0 Å². The molecule has 5 heteroatoms. The van der Waals surface area contributed by atoms with E-state index in [1.807, 2.05) is 0 Å². The number of alkyl halides is 2. The fraction of sp³-hybridized carbons (Fsp3) is 1.00. The highest BCUT2D eigenvalue weighted by molar-refractivity contribution is 4.60. The fourth-order valence-corrected chi connectivity index (χ4v) is 1.04. The minimum absolute atomic E-state index is 0.0165. The van der Waals surface area contributed by atoms with Crippen molar-refractivity contribution in [2.24, 2.45) is 5.73 Å². The van der Waals surface area contributed by atoms with E-state index in [4.69, 9.17) is 15.2 Å². The molecule has 14 heavy (non-hydrogen) atoms. The summed E-state index contributed by atoms with van der Waals surface area (Å²) in [6.07, 6.45) is -0.0332. The smallest absolute Gasteiger partial charge is 0.261 e. The van der Waals surface area contributed by atoms with Crippen LogP contribution in [0.15, 0.2) is 0 Å². The lowest BCUT2D eigenvalue weighted by Crippen LogP contribution is -2.23. The van der Waals surface area contributed by atoms with Crippen LogP contribution in [0.2, 0.25) is 0 Å². The van der Waals surface area contributed by atoms with Gasteiger partial charge in [-0.05, 0) is 19.3 Å². The average Bonchev–Trinajstić information content (AvgIpc) is 2.13. The maximum Gasteiger partial charge on any atom is 0.261 e. The second-order valence-electron chi connectivity index (χ2n) is 3.15. The maximum absolute atomic E-state index is 11.6. The Morgan fingerprint density at radius 3 is 2.50 bits per heavy atom. The zero-order valence-corrected chi connectivity index (χ0v) is 8.55. The molecule has 0 heterocycles. The van der Waals surface area contributed by atoms with Crippen molar-refractivity contribution in [2.45, 2.75) is 31.7 Å². The van der Waals surface area contributed by atoms with E-state index >= 15 is 0 Å². The highest BCUT2D eigenvalue weighted by Gasteiger charge is 2.04. The van der Waals surface area contributed by atoms with Crippen LogP contribution in [0, 0.1) is 0 Å². The maximum atomic E-state index is 11.6. The first kappa shape index (κ1) is 13.7. The Kier molecular flexibility index (Phi) is 9.13. The fourth-order valence-electron chi connectivity index (χ4n) is 1.04. The minimum Gasteiger partial charge on any atom is -0.385 e. The molecule has 2 N–H and O–H groups in total. The molecule has 0 radical (unpaired) electrons. The standard InChI is InChI=1S/C9H19F2NO2/c1-13-5-2-3-8(12)4-6-14-7-9(10)11/h8-9H,2-7,12H2,1H3. The van der Waals surface area contributed by atoms with E-state index in [9.17, 15) is 8.78 Å². The van der Waals surface area contributed by atoms with Gasteiger partial charge in [-0.2, -0.15) is 0 Å². The number of nitrogens with two attached hydrogens (primary N) is 1. The van der Waals surface area contributed by atoms with Gasteiger partial charge < -0.3 is 15.2 Å². The van der Waals surface area contributed by atoms with Crippen LogP contribution in [0.4, 0.5) is 8.78 Å². The van der Waals surface area contributed by atoms with Gasteiger partial charge in [-0.25, -0.2) is 8.78 Å². The molecule has 86 valence electrons. The first-order valence-electron chi connectivity index (χ1n) is 4.77. The topological polar surface area (TPSA) is 44.5 Å². The molecule has 0 aliphatic rings. The molecule has 0 aliphatic carbocycles. The Morgan fingerprint density at radius 2 is 1.93 bits per heavy atom. The Labute approximate surface area is 83.6 Å². The van der Waals surface area contributed by atoms with Crippen LogP contribution in [-0.4, -0.2) is 39.4 Å². The van der Waals surface area contributed by atoms with Crippen LogP contribution in [0.25, 0.3) is 0 Å². The number of hydrogen-bond donors (Lipinski definition) is 1.